The highest BCUT2D eigenvalue weighted by Gasteiger charge is 2.01. The minimum Gasteiger partial charge on any atom is -0.310 e. The number of aromatic nitrogens is 2. The Bertz CT molecular complexity index is 588. The number of imidazole rings is 1. The van der Waals surface area contributed by atoms with Crippen LogP contribution in [0.1, 0.15) is 5.69 Å². The van der Waals surface area contributed by atoms with Crippen molar-refractivity contribution in [1.82, 2.24) is 19.4 Å². The first-order valence-electron chi connectivity index (χ1n) is 5.62. The summed E-state index contributed by atoms with van der Waals surface area (Å²) >= 11 is 0. The molecule has 2 aromatic rings. The van der Waals surface area contributed by atoms with Crippen molar-refractivity contribution in [2.24, 2.45) is 0 Å². The number of hydrogen-bond donors (Lipinski definition) is 2. The van der Waals surface area contributed by atoms with Gasteiger partial charge in [0.2, 0.25) is 10.0 Å². The molecule has 0 aliphatic heterocycles. The summed E-state index contributed by atoms with van der Waals surface area (Å²) in [6, 6.07) is 5.83. The molecule has 98 valence electrons. The molecule has 0 aliphatic carbocycles. The number of sulfonamides is 1. The van der Waals surface area contributed by atoms with Gasteiger partial charge in [0.05, 0.1) is 11.9 Å². The molecule has 0 aliphatic rings. The van der Waals surface area contributed by atoms with Gasteiger partial charge < -0.3 is 9.72 Å². The Morgan fingerprint density at radius 3 is 2.89 bits per heavy atom. The van der Waals surface area contributed by atoms with E-state index in [-0.39, 0.29) is 0 Å². The summed E-state index contributed by atoms with van der Waals surface area (Å²) in [5, 5.41) is 3.13. The number of nitrogens with one attached hydrogen (secondary N) is 2. The van der Waals surface area contributed by atoms with Crippen molar-refractivity contribution >= 4 is 15.7 Å². The lowest BCUT2D eigenvalue weighted by Crippen LogP contribution is -2.30. The highest BCUT2D eigenvalue weighted by Crippen LogP contribution is 2.03. The van der Waals surface area contributed by atoms with E-state index in [0.717, 1.165) is 17.6 Å². The van der Waals surface area contributed by atoms with Crippen molar-refractivity contribution in [2.75, 3.05) is 19.3 Å². The lowest BCUT2D eigenvalue weighted by atomic mass is 10.4. The minimum absolute atomic E-state index is 0.381. The summed E-state index contributed by atoms with van der Waals surface area (Å²) in [4.78, 5) is 4.42. The fourth-order valence-electron chi connectivity index (χ4n) is 1.61. The fraction of sp³-hybridized carbons (Fsp3) is 0.364. The number of fused-ring (bicyclic) bond motifs is 1. The molecule has 0 fully saturated rings. The van der Waals surface area contributed by atoms with Crippen molar-refractivity contribution in [3.05, 3.63) is 36.3 Å². The molecule has 0 radical (unpaired) electrons. The predicted octanol–water partition coefficient (Wildman–Crippen LogP) is -0.0269. The Balaban J connectivity index is 1.80. The maximum atomic E-state index is 10.8. The van der Waals surface area contributed by atoms with Gasteiger partial charge in [-0.1, -0.05) is 6.07 Å². The molecule has 2 aromatic heterocycles. The maximum Gasteiger partial charge on any atom is 0.208 e. The summed E-state index contributed by atoms with van der Waals surface area (Å²) < 4.78 is 26.0. The first-order chi connectivity index (χ1) is 8.54. The SMILES string of the molecule is CS(=O)(=O)NCCNCc1cn2ccccc2n1. The van der Waals surface area contributed by atoms with Gasteiger partial charge in [0.1, 0.15) is 5.65 Å². The zero-order valence-corrected chi connectivity index (χ0v) is 10.9. The molecule has 0 bridgehead atoms. The van der Waals surface area contributed by atoms with Crippen molar-refractivity contribution < 1.29 is 8.42 Å². The van der Waals surface area contributed by atoms with Crippen LogP contribution in [-0.4, -0.2) is 37.1 Å². The average Bonchev–Trinajstić information content (AvgIpc) is 2.69. The van der Waals surface area contributed by atoms with Crippen LogP contribution >= 0.6 is 0 Å². The second-order valence-electron chi connectivity index (χ2n) is 4.04. The third kappa shape index (κ3) is 3.80. The number of pyridine rings is 1. The largest absolute Gasteiger partial charge is 0.310 e. The molecule has 18 heavy (non-hydrogen) atoms. The fourth-order valence-corrected chi connectivity index (χ4v) is 2.09. The minimum atomic E-state index is -3.10. The van der Waals surface area contributed by atoms with Gasteiger partial charge in [-0.2, -0.15) is 0 Å². The first-order valence-corrected chi connectivity index (χ1v) is 7.52. The van der Waals surface area contributed by atoms with Crippen LogP contribution in [0.3, 0.4) is 0 Å². The van der Waals surface area contributed by atoms with Crippen LogP contribution in [0.5, 0.6) is 0 Å². The predicted molar refractivity (Wildman–Crippen MR) is 69.7 cm³/mol. The standard InChI is InChI=1S/C11H16N4O2S/c1-18(16,17)13-6-5-12-8-10-9-15-7-3-2-4-11(15)14-10/h2-4,7,9,12-13H,5-6,8H2,1H3. The summed E-state index contributed by atoms with van der Waals surface area (Å²) in [7, 11) is -3.10. The lowest BCUT2D eigenvalue weighted by molar-refractivity contribution is 0.581. The van der Waals surface area contributed by atoms with Gasteiger partial charge in [0.15, 0.2) is 0 Å². The second-order valence-corrected chi connectivity index (χ2v) is 5.87. The molecular weight excluding hydrogens is 252 g/mol. The Morgan fingerprint density at radius 2 is 2.17 bits per heavy atom. The average molecular weight is 268 g/mol. The van der Waals surface area contributed by atoms with E-state index >= 15 is 0 Å². The number of hydrogen-bond acceptors (Lipinski definition) is 4. The number of rotatable bonds is 6. The summed E-state index contributed by atoms with van der Waals surface area (Å²) in [5.41, 5.74) is 1.84. The van der Waals surface area contributed by atoms with Gasteiger partial charge in [-0.05, 0) is 12.1 Å². The van der Waals surface area contributed by atoms with Crippen LogP contribution < -0.4 is 10.0 Å². The second kappa shape index (κ2) is 5.47. The molecule has 2 rings (SSSR count). The van der Waals surface area contributed by atoms with E-state index in [4.69, 9.17) is 0 Å². The van der Waals surface area contributed by atoms with Crippen molar-refractivity contribution in [2.45, 2.75) is 6.54 Å². The zero-order valence-electron chi connectivity index (χ0n) is 10.1. The highest BCUT2D eigenvalue weighted by atomic mass is 32.2. The van der Waals surface area contributed by atoms with E-state index in [2.05, 4.69) is 15.0 Å². The van der Waals surface area contributed by atoms with E-state index in [1.54, 1.807) is 0 Å². The van der Waals surface area contributed by atoms with Crippen LogP contribution in [-0.2, 0) is 16.6 Å². The molecule has 2 heterocycles. The van der Waals surface area contributed by atoms with Crippen LogP contribution in [0, 0.1) is 0 Å². The molecule has 7 heteroatoms. The van der Waals surface area contributed by atoms with E-state index < -0.39 is 10.0 Å². The zero-order chi connectivity index (χ0) is 13.0. The van der Waals surface area contributed by atoms with Crippen molar-refractivity contribution in [1.29, 1.82) is 0 Å². The van der Waals surface area contributed by atoms with Crippen LogP contribution in [0.2, 0.25) is 0 Å². The third-order valence-corrected chi connectivity index (χ3v) is 3.11. The molecule has 6 nitrogen and oxygen atoms in total. The van der Waals surface area contributed by atoms with Crippen molar-refractivity contribution in [3.8, 4) is 0 Å². The van der Waals surface area contributed by atoms with Crippen LogP contribution in [0.15, 0.2) is 30.6 Å². The topological polar surface area (TPSA) is 75.5 Å². The van der Waals surface area contributed by atoms with Gasteiger partial charge in [-0.25, -0.2) is 18.1 Å². The van der Waals surface area contributed by atoms with E-state index in [1.165, 1.54) is 0 Å². The Hall–Kier alpha value is -1.44. The Morgan fingerprint density at radius 1 is 1.33 bits per heavy atom. The van der Waals surface area contributed by atoms with Gasteiger partial charge in [0.25, 0.3) is 0 Å². The smallest absolute Gasteiger partial charge is 0.208 e. The molecule has 0 saturated carbocycles. The molecule has 0 aromatic carbocycles. The molecule has 2 N–H and O–H groups in total. The van der Waals surface area contributed by atoms with Gasteiger partial charge in [-0.15, -0.1) is 0 Å². The van der Waals surface area contributed by atoms with Crippen LogP contribution in [0.4, 0.5) is 0 Å². The monoisotopic (exact) mass is 268 g/mol. The molecule has 0 saturated heterocycles. The molecule has 0 spiro atoms. The molecule has 0 amide bonds. The van der Waals surface area contributed by atoms with E-state index in [9.17, 15) is 8.42 Å². The molecular formula is C11H16N4O2S. The first kappa shape index (κ1) is 13.0. The van der Waals surface area contributed by atoms with Gasteiger partial charge in [0, 0.05) is 32.0 Å². The van der Waals surface area contributed by atoms with Crippen molar-refractivity contribution in [3.63, 3.8) is 0 Å². The summed E-state index contributed by atoms with van der Waals surface area (Å²) in [6.45, 7) is 1.57. The summed E-state index contributed by atoms with van der Waals surface area (Å²) in [5.74, 6) is 0. The van der Waals surface area contributed by atoms with E-state index in [1.807, 2.05) is 35.0 Å². The highest BCUT2D eigenvalue weighted by molar-refractivity contribution is 7.88. The maximum absolute atomic E-state index is 10.8. The quantitative estimate of drug-likeness (QED) is 0.722. The number of nitrogens with zero attached hydrogens (tertiary/aromatic N) is 2. The molecule has 0 unspecified atom stereocenters. The summed E-state index contributed by atoms with van der Waals surface area (Å²) in [6.07, 6.45) is 5.04. The van der Waals surface area contributed by atoms with Crippen LogP contribution in [0.25, 0.3) is 5.65 Å². The van der Waals surface area contributed by atoms with Gasteiger partial charge >= 0.3 is 0 Å². The Labute approximate surface area is 106 Å². The molecule has 0 atom stereocenters. The normalized spacial score (nSPS) is 12.1. The third-order valence-electron chi connectivity index (χ3n) is 2.39. The van der Waals surface area contributed by atoms with E-state index in [0.29, 0.717) is 19.6 Å². The Kier molecular flexibility index (Phi) is 3.95. The lowest BCUT2D eigenvalue weighted by Gasteiger charge is -2.03. The van der Waals surface area contributed by atoms with Gasteiger partial charge in [-0.3, -0.25) is 0 Å².